The Morgan fingerprint density at radius 3 is 2.59 bits per heavy atom. The molecule has 1 aromatic rings. The van der Waals surface area contributed by atoms with Crippen LogP contribution in [0.2, 0.25) is 0 Å². The number of rotatable bonds is 6. The first-order valence-electron chi connectivity index (χ1n) is 8.91. The monoisotopic (exact) mass is 375 g/mol. The third-order valence-corrected chi connectivity index (χ3v) is 4.78. The Labute approximate surface area is 158 Å². The van der Waals surface area contributed by atoms with Gasteiger partial charge in [0.05, 0.1) is 12.6 Å². The van der Waals surface area contributed by atoms with Gasteiger partial charge in [0.1, 0.15) is 12.6 Å². The molecule has 2 heterocycles. The van der Waals surface area contributed by atoms with Gasteiger partial charge in [0, 0.05) is 6.54 Å². The molecule has 27 heavy (non-hydrogen) atoms. The molecule has 2 atom stereocenters. The molecule has 0 aliphatic carbocycles. The highest BCUT2D eigenvalue weighted by atomic mass is 16.7. The number of imide groups is 1. The number of piperidine rings is 1. The van der Waals surface area contributed by atoms with E-state index in [0.717, 1.165) is 5.56 Å². The molecule has 3 rings (SSSR count). The number of carbonyl (C=O) groups is 3. The summed E-state index contributed by atoms with van der Waals surface area (Å²) in [7, 11) is 3.43. The molecule has 2 fully saturated rings. The van der Waals surface area contributed by atoms with Crippen molar-refractivity contribution in [2.24, 2.45) is 5.84 Å². The lowest BCUT2D eigenvalue weighted by atomic mass is 10.00. The minimum Gasteiger partial charge on any atom is -0.309 e. The molecule has 2 aliphatic heterocycles. The molecule has 2 saturated heterocycles. The summed E-state index contributed by atoms with van der Waals surface area (Å²) in [5.74, 6) is 4.65. The first-order valence-corrected chi connectivity index (χ1v) is 8.91. The molecule has 2 N–H and O–H groups in total. The Morgan fingerprint density at radius 1 is 1.22 bits per heavy atom. The number of nitrogens with zero attached hydrogens (tertiary/aromatic N) is 4. The summed E-state index contributed by atoms with van der Waals surface area (Å²) in [6, 6.07) is 8.35. The summed E-state index contributed by atoms with van der Waals surface area (Å²) in [4.78, 5) is 46.2. The van der Waals surface area contributed by atoms with E-state index >= 15 is 0 Å². The fraction of sp³-hybridized carbons (Fsp3) is 0.500. The van der Waals surface area contributed by atoms with Crippen molar-refractivity contribution in [1.29, 1.82) is 0 Å². The standard InChI is InChI=1S/C18H25N5O4/c1-20(2)11-16(24)22(19)17(25)15-9-8-14-10-21(15)18(26)23(14)27-12-13-6-4-3-5-7-13/h3-7,14-15H,8-12,19H2,1-2H3/t14-,15+/m0/s1. The van der Waals surface area contributed by atoms with E-state index in [4.69, 9.17) is 10.7 Å². The molecule has 2 aliphatic rings. The van der Waals surface area contributed by atoms with E-state index in [1.54, 1.807) is 19.0 Å². The van der Waals surface area contributed by atoms with E-state index in [9.17, 15) is 14.4 Å². The minimum atomic E-state index is -0.741. The number of hydrazine groups is 1. The van der Waals surface area contributed by atoms with E-state index in [-0.39, 0.29) is 25.2 Å². The van der Waals surface area contributed by atoms with Gasteiger partial charge in [-0.1, -0.05) is 30.3 Å². The Kier molecular flexibility index (Phi) is 5.73. The topological polar surface area (TPSA) is 99.4 Å². The van der Waals surface area contributed by atoms with E-state index in [1.807, 2.05) is 30.3 Å². The lowest BCUT2D eigenvalue weighted by molar-refractivity contribution is -0.149. The molecule has 4 amide bonds. The number of fused-ring (bicyclic) bond motifs is 2. The highest BCUT2D eigenvalue weighted by Gasteiger charge is 2.49. The zero-order chi connectivity index (χ0) is 19.6. The van der Waals surface area contributed by atoms with Crippen molar-refractivity contribution in [1.82, 2.24) is 19.9 Å². The molecular formula is C18H25N5O4. The zero-order valence-corrected chi connectivity index (χ0v) is 15.6. The largest absolute Gasteiger partial charge is 0.345 e. The summed E-state index contributed by atoms with van der Waals surface area (Å²) in [6.07, 6.45) is 1.06. The van der Waals surface area contributed by atoms with Crippen LogP contribution in [0.5, 0.6) is 0 Å². The van der Waals surface area contributed by atoms with Gasteiger partial charge in [-0.25, -0.2) is 15.6 Å². The molecule has 1 aromatic carbocycles. The third-order valence-electron chi connectivity index (χ3n) is 4.78. The first kappa shape index (κ1) is 19.3. The molecule has 0 aromatic heterocycles. The highest BCUT2D eigenvalue weighted by Crippen LogP contribution is 2.31. The average Bonchev–Trinajstić information content (AvgIpc) is 2.89. The molecule has 9 heteroatoms. The number of hydrogen-bond acceptors (Lipinski definition) is 6. The number of nitrogens with two attached hydrogens (primary N) is 1. The van der Waals surface area contributed by atoms with Crippen LogP contribution < -0.4 is 5.84 Å². The summed E-state index contributed by atoms with van der Waals surface area (Å²) >= 11 is 0. The van der Waals surface area contributed by atoms with Crippen molar-refractivity contribution >= 4 is 17.8 Å². The predicted molar refractivity (Wildman–Crippen MR) is 96.6 cm³/mol. The number of hydrogen-bond donors (Lipinski definition) is 1. The first-order chi connectivity index (χ1) is 12.9. The van der Waals surface area contributed by atoms with Gasteiger partial charge < -0.3 is 9.80 Å². The van der Waals surface area contributed by atoms with Crippen molar-refractivity contribution in [3.8, 4) is 0 Å². The lowest BCUT2D eigenvalue weighted by Crippen LogP contribution is -2.56. The summed E-state index contributed by atoms with van der Waals surface area (Å²) in [5.41, 5.74) is 0.955. The van der Waals surface area contributed by atoms with Gasteiger partial charge in [-0.05, 0) is 32.5 Å². The molecule has 0 radical (unpaired) electrons. The summed E-state index contributed by atoms with van der Waals surface area (Å²) in [5, 5.41) is 1.98. The van der Waals surface area contributed by atoms with E-state index in [2.05, 4.69) is 0 Å². The number of amides is 4. The second-order valence-corrected chi connectivity index (χ2v) is 7.11. The Morgan fingerprint density at radius 2 is 1.93 bits per heavy atom. The van der Waals surface area contributed by atoms with Gasteiger partial charge in [-0.2, -0.15) is 5.06 Å². The van der Waals surface area contributed by atoms with Crippen LogP contribution in [0.3, 0.4) is 0 Å². The fourth-order valence-corrected chi connectivity index (χ4v) is 3.40. The minimum absolute atomic E-state index is 0.0256. The maximum atomic E-state index is 12.7. The van der Waals surface area contributed by atoms with Crippen LogP contribution in [-0.2, 0) is 21.0 Å². The van der Waals surface area contributed by atoms with E-state index < -0.39 is 17.9 Å². The van der Waals surface area contributed by atoms with E-state index in [0.29, 0.717) is 24.4 Å². The van der Waals surface area contributed by atoms with Crippen LogP contribution >= 0.6 is 0 Å². The average molecular weight is 375 g/mol. The molecule has 0 unspecified atom stereocenters. The molecule has 9 nitrogen and oxygen atoms in total. The van der Waals surface area contributed by atoms with Crippen LogP contribution in [0.4, 0.5) is 4.79 Å². The number of carbonyl (C=O) groups excluding carboxylic acids is 3. The SMILES string of the molecule is CN(C)CC(=O)N(N)C(=O)[C@H]1CC[C@H]2CN1C(=O)N2OCc1ccccc1. The zero-order valence-electron chi connectivity index (χ0n) is 15.6. The number of urea groups is 1. The van der Waals surface area contributed by atoms with Crippen LogP contribution in [-0.4, -0.2) is 77.0 Å². The van der Waals surface area contributed by atoms with E-state index in [1.165, 1.54) is 9.96 Å². The molecule has 146 valence electrons. The van der Waals surface area contributed by atoms with Crippen LogP contribution in [0.1, 0.15) is 18.4 Å². The number of hydroxylamine groups is 2. The van der Waals surface area contributed by atoms with Crippen molar-refractivity contribution in [3.63, 3.8) is 0 Å². The van der Waals surface area contributed by atoms with Gasteiger partial charge in [-0.3, -0.25) is 14.4 Å². The van der Waals surface area contributed by atoms with Crippen molar-refractivity contribution in [3.05, 3.63) is 35.9 Å². The second-order valence-electron chi connectivity index (χ2n) is 7.11. The Bertz CT molecular complexity index is 711. The van der Waals surface area contributed by atoms with Gasteiger partial charge in [0.2, 0.25) is 0 Å². The smallest absolute Gasteiger partial charge is 0.309 e. The Balaban J connectivity index is 1.63. The van der Waals surface area contributed by atoms with Gasteiger partial charge in [0.15, 0.2) is 0 Å². The molecule has 0 saturated carbocycles. The molecule has 2 bridgehead atoms. The summed E-state index contributed by atoms with van der Waals surface area (Å²) in [6.45, 7) is 0.692. The van der Waals surface area contributed by atoms with Crippen LogP contribution in [0.15, 0.2) is 30.3 Å². The second kappa shape index (κ2) is 8.03. The summed E-state index contributed by atoms with van der Waals surface area (Å²) < 4.78 is 0. The fourth-order valence-electron chi connectivity index (χ4n) is 3.40. The molecular weight excluding hydrogens is 350 g/mol. The highest BCUT2D eigenvalue weighted by molar-refractivity contribution is 5.99. The number of likely N-dealkylation sites (N-methyl/N-ethyl adjacent to an activating group) is 1. The quantitative estimate of drug-likeness (QED) is 0.433. The van der Waals surface area contributed by atoms with Crippen molar-refractivity contribution in [2.45, 2.75) is 31.5 Å². The van der Waals surface area contributed by atoms with Crippen molar-refractivity contribution < 1.29 is 19.2 Å². The maximum absolute atomic E-state index is 12.7. The normalized spacial score (nSPS) is 21.7. The van der Waals surface area contributed by atoms with Gasteiger partial charge >= 0.3 is 6.03 Å². The third kappa shape index (κ3) is 4.10. The maximum Gasteiger partial charge on any atom is 0.345 e. The number of benzene rings is 1. The van der Waals surface area contributed by atoms with Gasteiger partial charge in [0.25, 0.3) is 11.8 Å². The predicted octanol–water partition coefficient (Wildman–Crippen LogP) is 0.177. The molecule has 0 spiro atoms. The van der Waals surface area contributed by atoms with Crippen LogP contribution in [0, 0.1) is 0 Å². The van der Waals surface area contributed by atoms with Crippen molar-refractivity contribution in [2.75, 3.05) is 27.2 Å². The van der Waals surface area contributed by atoms with Crippen LogP contribution in [0.25, 0.3) is 0 Å². The Hall–Kier alpha value is -2.49. The lowest BCUT2D eigenvalue weighted by Gasteiger charge is -2.31. The van der Waals surface area contributed by atoms with Gasteiger partial charge in [-0.15, -0.1) is 0 Å².